The van der Waals surface area contributed by atoms with Gasteiger partial charge >= 0.3 is 5.97 Å². The highest BCUT2D eigenvalue weighted by Crippen LogP contribution is 2.17. The molecule has 0 amide bonds. The van der Waals surface area contributed by atoms with E-state index in [1.165, 1.54) is 5.56 Å². The van der Waals surface area contributed by atoms with Gasteiger partial charge in [-0.2, -0.15) is 4.98 Å². The summed E-state index contributed by atoms with van der Waals surface area (Å²) in [5.74, 6) is 0.156. The minimum atomic E-state index is -0.541. The number of ether oxygens (including phenoxy) is 1. The fourth-order valence-electron chi connectivity index (χ4n) is 2.55. The monoisotopic (exact) mass is 348 g/mol. The molecule has 0 aliphatic carbocycles. The SMILES string of the molecule is CCc1ccc(-c2noc(COC(=O)c3cn4ccccc4n3)n2)cc1. The minimum Gasteiger partial charge on any atom is -0.451 e. The van der Waals surface area contributed by atoms with E-state index in [9.17, 15) is 4.79 Å². The van der Waals surface area contributed by atoms with Gasteiger partial charge in [0.25, 0.3) is 5.89 Å². The van der Waals surface area contributed by atoms with Crippen LogP contribution in [0, 0.1) is 0 Å². The molecule has 4 rings (SSSR count). The van der Waals surface area contributed by atoms with Gasteiger partial charge in [0, 0.05) is 18.0 Å². The summed E-state index contributed by atoms with van der Waals surface area (Å²) in [7, 11) is 0. The van der Waals surface area contributed by atoms with Crippen LogP contribution < -0.4 is 0 Å². The highest BCUT2D eigenvalue weighted by Gasteiger charge is 2.15. The van der Waals surface area contributed by atoms with Gasteiger partial charge in [-0.1, -0.05) is 42.4 Å². The van der Waals surface area contributed by atoms with E-state index in [0.717, 1.165) is 12.0 Å². The first kappa shape index (κ1) is 16.0. The van der Waals surface area contributed by atoms with Crippen molar-refractivity contribution in [3.63, 3.8) is 0 Å². The van der Waals surface area contributed by atoms with Crippen molar-refractivity contribution in [1.82, 2.24) is 19.5 Å². The standard InChI is InChI=1S/C19H16N4O3/c1-2-13-6-8-14(9-7-13)18-21-17(26-22-18)12-25-19(24)15-11-23-10-4-3-5-16(23)20-15/h3-11H,2,12H2,1H3. The first-order chi connectivity index (χ1) is 12.7. The van der Waals surface area contributed by atoms with Gasteiger partial charge in [-0.25, -0.2) is 9.78 Å². The Kier molecular flexibility index (Phi) is 4.18. The summed E-state index contributed by atoms with van der Waals surface area (Å²) in [5.41, 5.74) is 2.99. The lowest BCUT2D eigenvalue weighted by atomic mass is 10.1. The predicted molar refractivity (Wildman–Crippen MR) is 93.4 cm³/mol. The van der Waals surface area contributed by atoms with E-state index in [1.54, 1.807) is 10.6 Å². The lowest BCUT2D eigenvalue weighted by Gasteiger charge is -1.98. The van der Waals surface area contributed by atoms with Crippen LogP contribution in [0.4, 0.5) is 0 Å². The van der Waals surface area contributed by atoms with Crippen molar-refractivity contribution < 1.29 is 14.1 Å². The quantitative estimate of drug-likeness (QED) is 0.515. The second kappa shape index (κ2) is 6.79. The van der Waals surface area contributed by atoms with Crippen LogP contribution >= 0.6 is 0 Å². The Bertz CT molecular complexity index is 1020. The molecule has 0 aliphatic rings. The molecule has 130 valence electrons. The number of carbonyl (C=O) groups excluding carboxylic acids is 1. The number of esters is 1. The van der Waals surface area contributed by atoms with E-state index in [0.29, 0.717) is 11.5 Å². The molecular weight excluding hydrogens is 332 g/mol. The van der Waals surface area contributed by atoms with Crippen molar-refractivity contribution in [1.29, 1.82) is 0 Å². The van der Waals surface area contributed by atoms with Crippen LogP contribution in [0.1, 0.15) is 28.9 Å². The number of hydrogen-bond acceptors (Lipinski definition) is 6. The van der Waals surface area contributed by atoms with Gasteiger partial charge in [0.05, 0.1) is 0 Å². The number of aryl methyl sites for hydroxylation is 1. The minimum absolute atomic E-state index is 0.104. The summed E-state index contributed by atoms with van der Waals surface area (Å²) in [6.45, 7) is 1.99. The first-order valence-electron chi connectivity index (χ1n) is 8.25. The molecule has 7 heteroatoms. The van der Waals surface area contributed by atoms with Crippen molar-refractivity contribution in [3.05, 3.63) is 72.0 Å². The summed E-state index contributed by atoms with van der Waals surface area (Å²) in [6.07, 6.45) is 4.40. The van der Waals surface area contributed by atoms with Crippen molar-refractivity contribution in [2.75, 3.05) is 0 Å². The number of benzene rings is 1. The average Bonchev–Trinajstić information content (AvgIpc) is 3.33. The largest absolute Gasteiger partial charge is 0.451 e. The Hall–Kier alpha value is -3.48. The fourth-order valence-corrected chi connectivity index (χ4v) is 2.55. The molecule has 7 nitrogen and oxygen atoms in total. The second-order valence-corrected chi connectivity index (χ2v) is 5.73. The van der Waals surface area contributed by atoms with Gasteiger partial charge in [0.1, 0.15) is 5.65 Å². The van der Waals surface area contributed by atoms with Gasteiger partial charge in [-0.05, 0) is 24.1 Å². The molecule has 0 atom stereocenters. The molecule has 1 aromatic carbocycles. The smallest absolute Gasteiger partial charge is 0.359 e. The molecule has 0 bridgehead atoms. The third-order valence-electron chi connectivity index (χ3n) is 3.99. The van der Waals surface area contributed by atoms with Crippen LogP contribution in [-0.4, -0.2) is 25.5 Å². The molecule has 0 N–H and O–H groups in total. The summed E-state index contributed by atoms with van der Waals surface area (Å²) in [6, 6.07) is 13.4. The van der Waals surface area contributed by atoms with Crippen LogP contribution in [0.5, 0.6) is 0 Å². The number of pyridine rings is 1. The Balaban J connectivity index is 1.43. The third kappa shape index (κ3) is 3.19. The van der Waals surface area contributed by atoms with Gasteiger partial charge in [0.15, 0.2) is 12.3 Å². The number of imidazole rings is 1. The highest BCUT2D eigenvalue weighted by atomic mass is 16.6. The van der Waals surface area contributed by atoms with Gasteiger partial charge in [0.2, 0.25) is 5.82 Å². The predicted octanol–water partition coefficient (Wildman–Crippen LogP) is 3.30. The molecule has 3 aromatic heterocycles. The van der Waals surface area contributed by atoms with Crippen molar-refractivity contribution in [2.24, 2.45) is 0 Å². The van der Waals surface area contributed by atoms with E-state index in [2.05, 4.69) is 22.0 Å². The molecular formula is C19H16N4O3. The van der Waals surface area contributed by atoms with Crippen molar-refractivity contribution >= 4 is 11.6 Å². The number of fused-ring (bicyclic) bond motifs is 1. The molecule has 3 heterocycles. The average molecular weight is 348 g/mol. The zero-order valence-corrected chi connectivity index (χ0v) is 14.1. The van der Waals surface area contributed by atoms with E-state index in [1.807, 2.05) is 48.7 Å². The molecule has 0 saturated carbocycles. The fraction of sp³-hybridized carbons (Fsp3) is 0.158. The van der Waals surface area contributed by atoms with Gasteiger partial charge in [-0.3, -0.25) is 0 Å². The normalized spacial score (nSPS) is 11.0. The van der Waals surface area contributed by atoms with Crippen LogP contribution in [-0.2, 0) is 17.8 Å². The number of hydrogen-bond donors (Lipinski definition) is 0. The third-order valence-corrected chi connectivity index (χ3v) is 3.99. The number of rotatable bonds is 5. The van der Waals surface area contributed by atoms with E-state index in [-0.39, 0.29) is 18.2 Å². The van der Waals surface area contributed by atoms with E-state index < -0.39 is 5.97 Å². The molecule has 0 fully saturated rings. The van der Waals surface area contributed by atoms with Crippen molar-refractivity contribution in [2.45, 2.75) is 20.0 Å². The van der Waals surface area contributed by atoms with Crippen LogP contribution in [0.2, 0.25) is 0 Å². The maximum Gasteiger partial charge on any atom is 0.359 e. The molecule has 0 unspecified atom stereocenters. The molecule has 0 radical (unpaired) electrons. The number of carbonyl (C=O) groups is 1. The zero-order chi connectivity index (χ0) is 17.9. The molecule has 26 heavy (non-hydrogen) atoms. The molecule has 0 aliphatic heterocycles. The highest BCUT2D eigenvalue weighted by molar-refractivity contribution is 5.87. The topological polar surface area (TPSA) is 82.5 Å². The van der Waals surface area contributed by atoms with Crippen LogP contribution in [0.15, 0.2) is 59.4 Å². The number of aromatic nitrogens is 4. The van der Waals surface area contributed by atoms with Crippen LogP contribution in [0.3, 0.4) is 0 Å². The van der Waals surface area contributed by atoms with Gasteiger partial charge in [-0.15, -0.1) is 0 Å². The molecule has 0 spiro atoms. The van der Waals surface area contributed by atoms with Crippen LogP contribution in [0.25, 0.3) is 17.0 Å². The Morgan fingerprint density at radius 3 is 2.77 bits per heavy atom. The lowest BCUT2D eigenvalue weighted by molar-refractivity contribution is 0.0423. The van der Waals surface area contributed by atoms with Gasteiger partial charge < -0.3 is 13.7 Å². The summed E-state index contributed by atoms with van der Waals surface area (Å²) in [4.78, 5) is 20.6. The zero-order valence-electron chi connectivity index (χ0n) is 14.1. The molecule has 0 saturated heterocycles. The Labute approximate surface area is 149 Å². The maximum atomic E-state index is 12.1. The number of nitrogens with zero attached hydrogens (tertiary/aromatic N) is 4. The second-order valence-electron chi connectivity index (χ2n) is 5.73. The summed E-state index contributed by atoms with van der Waals surface area (Å²) < 4.78 is 12.1. The lowest BCUT2D eigenvalue weighted by Crippen LogP contribution is -2.05. The van der Waals surface area contributed by atoms with E-state index >= 15 is 0 Å². The maximum absolute atomic E-state index is 12.1. The first-order valence-corrected chi connectivity index (χ1v) is 8.25. The van der Waals surface area contributed by atoms with E-state index in [4.69, 9.17) is 9.26 Å². The Morgan fingerprint density at radius 1 is 1.15 bits per heavy atom. The summed E-state index contributed by atoms with van der Waals surface area (Å²) in [5, 5.41) is 3.93. The van der Waals surface area contributed by atoms with Crippen molar-refractivity contribution in [3.8, 4) is 11.4 Å². The summed E-state index contributed by atoms with van der Waals surface area (Å²) >= 11 is 0. The Morgan fingerprint density at radius 2 is 2.00 bits per heavy atom. The molecule has 4 aromatic rings.